The molecule has 1 fully saturated rings. The Morgan fingerprint density at radius 1 is 1.38 bits per heavy atom. The maximum atomic E-state index is 12.0. The third kappa shape index (κ3) is 3.94. The SMILES string of the molecule is CN(C)C(=O)C[C@H]1C[C@H]2c3cc(NS(C)(=O)=O)ccc3O[C@H]2[C@H](CO)O1. The van der Waals surface area contributed by atoms with Crippen LogP contribution < -0.4 is 9.46 Å². The van der Waals surface area contributed by atoms with E-state index < -0.39 is 16.1 Å². The van der Waals surface area contributed by atoms with Gasteiger partial charge in [-0.2, -0.15) is 0 Å². The number of aliphatic hydroxyl groups is 1. The van der Waals surface area contributed by atoms with Crippen LogP contribution in [-0.2, 0) is 19.6 Å². The van der Waals surface area contributed by atoms with Gasteiger partial charge in [-0.25, -0.2) is 8.42 Å². The van der Waals surface area contributed by atoms with Crippen molar-refractivity contribution in [2.75, 3.05) is 31.7 Å². The molecule has 0 spiro atoms. The first-order chi connectivity index (χ1) is 12.2. The van der Waals surface area contributed by atoms with Crippen molar-refractivity contribution in [1.29, 1.82) is 0 Å². The zero-order valence-corrected chi connectivity index (χ0v) is 15.8. The number of rotatable bonds is 5. The predicted molar refractivity (Wildman–Crippen MR) is 95.7 cm³/mol. The lowest BCUT2D eigenvalue weighted by Gasteiger charge is -2.37. The Balaban J connectivity index is 1.85. The molecule has 2 N–H and O–H groups in total. The fourth-order valence-electron chi connectivity index (χ4n) is 3.54. The van der Waals surface area contributed by atoms with Crippen molar-refractivity contribution < 1.29 is 27.8 Å². The number of hydrogen-bond donors (Lipinski definition) is 2. The molecule has 1 amide bonds. The van der Waals surface area contributed by atoms with Gasteiger partial charge in [0.1, 0.15) is 18.0 Å². The van der Waals surface area contributed by atoms with Crippen molar-refractivity contribution in [2.24, 2.45) is 0 Å². The number of hydrogen-bond acceptors (Lipinski definition) is 6. The third-order valence-corrected chi connectivity index (χ3v) is 5.31. The lowest BCUT2D eigenvalue weighted by molar-refractivity contribution is -0.147. The van der Waals surface area contributed by atoms with Gasteiger partial charge in [-0.05, 0) is 24.6 Å². The number of carbonyl (C=O) groups excluding carboxylic acids is 1. The van der Waals surface area contributed by atoms with Crippen molar-refractivity contribution in [3.8, 4) is 5.75 Å². The average Bonchev–Trinajstić information content (AvgIpc) is 2.90. The quantitative estimate of drug-likeness (QED) is 0.767. The molecule has 2 aliphatic rings. The third-order valence-electron chi connectivity index (χ3n) is 4.70. The highest BCUT2D eigenvalue weighted by atomic mass is 32.2. The molecule has 4 atom stereocenters. The van der Waals surface area contributed by atoms with Gasteiger partial charge in [0.05, 0.1) is 25.4 Å². The van der Waals surface area contributed by atoms with E-state index in [2.05, 4.69) is 4.72 Å². The van der Waals surface area contributed by atoms with Gasteiger partial charge in [-0.15, -0.1) is 0 Å². The van der Waals surface area contributed by atoms with Crippen molar-refractivity contribution in [2.45, 2.75) is 37.1 Å². The van der Waals surface area contributed by atoms with E-state index in [-0.39, 0.29) is 37.1 Å². The van der Waals surface area contributed by atoms with Gasteiger partial charge < -0.3 is 19.5 Å². The fourth-order valence-corrected chi connectivity index (χ4v) is 4.10. The lowest BCUT2D eigenvalue weighted by Crippen LogP contribution is -2.47. The molecule has 0 aliphatic carbocycles. The smallest absolute Gasteiger partial charge is 0.229 e. The Labute approximate surface area is 153 Å². The Morgan fingerprint density at radius 2 is 2.12 bits per heavy atom. The number of amides is 1. The highest BCUT2D eigenvalue weighted by Crippen LogP contribution is 2.47. The maximum Gasteiger partial charge on any atom is 0.229 e. The van der Waals surface area contributed by atoms with E-state index in [1.807, 2.05) is 0 Å². The van der Waals surface area contributed by atoms with Gasteiger partial charge in [-0.1, -0.05) is 0 Å². The van der Waals surface area contributed by atoms with Crippen molar-refractivity contribution in [3.05, 3.63) is 23.8 Å². The van der Waals surface area contributed by atoms with E-state index in [0.717, 1.165) is 11.8 Å². The number of carbonyl (C=O) groups is 1. The zero-order valence-electron chi connectivity index (χ0n) is 15.0. The largest absolute Gasteiger partial charge is 0.487 e. The molecule has 1 saturated heterocycles. The predicted octanol–water partition coefficient (Wildman–Crippen LogP) is 0.531. The molecule has 26 heavy (non-hydrogen) atoms. The Hall–Kier alpha value is -1.84. The summed E-state index contributed by atoms with van der Waals surface area (Å²) in [4.78, 5) is 13.5. The van der Waals surface area contributed by atoms with E-state index in [4.69, 9.17) is 9.47 Å². The molecule has 2 aliphatic heterocycles. The molecule has 144 valence electrons. The van der Waals surface area contributed by atoms with Crippen LogP contribution in [0, 0.1) is 0 Å². The van der Waals surface area contributed by atoms with Crippen LogP contribution in [0.4, 0.5) is 5.69 Å². The molecule has 1 aromatic carbocycles. The summed E-state index contributed by atoms with van der Waals surface area (Å²) in [7, 11) is -0.00303. The molecule has 0 bridgehead atoms. The van der Waals surface area contributed by atoms with Crippen LogP contribution >= 0.6 is 0 Å². The normalized spacial score (nSPS) is 27.2. The minimum atomic E-state index is -3.38. The van der Waals surface area contributed by atoms with Gasteiger partial charge in [0, 0.05) is 31.3 Å². The van der Waals surface area contributed by atoms with E-state index in [0.29, 0.717) is 17.9 Å². The topological polar surface area (TPSA) is 105 Å². The summed E-state index contributed by atoms with van der Waals surface area (Å²) in [6, 6.07) is 5.11. The Morgan fingerprint density at radius 3 is 2.73 bits per heavy atom. The average molecular weight is 384 g/mol. The standard InChI is InChI=1S/C17H24N2O6S/c1-19(2)16(21)8-11-7-13-12-6-10(18-26(3,22)23)4-5-14(12)25-17(13)15(9-20)24-11/h4-6,11,13,15,17-18,20H,7-9H2,1-3H3/t11-,13+,15+,17-/m1/s1. The van der Waals surface area contributed by atoms with Crippen LogP contribution in [0.3, 0.4) is 0 Å². The molecule has 0 unspecified atom stereocenters. The summed E-state index contributed by atoms with van der Waals surface area (Å²) in [6.07, 6.45) is 0.670. The van der Waals surface area contributed by atoms with Crippen LogP contribution in [0.15, 0.2) is 18.2 Å². The minimum Gasteiger partial charge on any atom is -0.487 e. The number of anilines is 1. The number of aliphatic hydroxyl groups excluding tert-OH is 1. The Kier molecular flexibility index (Phi) is 5.14. The number of nitrogens with zero attached hydrogens (tertiary/aromatic N) is 1. The van der Waals surface area contributed by atoms with Crippen molar-refractivity contribution in [1.82, 2.24) is 4.90 Å². The Bertz CT molecular complexity index is 794. The van der Waals surface area contributed by atoms with Crippen molar-refractivity contribution in [3.63, 3.8) is 0 Å². The summed E-state index contributed by atoms with van der Waals surface area (Å²) in [5, 5.41) is 9.69. The highest BCUT2D eigenvalue weighted by Gasteiger charge is 2.46. The van der Waals surface area contributed by atoms with E-state index in [1.54, 1.807) is 32.3 Å². The molecule has 2 heterocycles. The van der Waals surface area contributed by atoms with Gasteiger partial charge in [0.15, 0.2) is 0 Å². The first-order valence-corrected chi connectivity index (χ1v) is 10.3. The molecule has 1 aromatic rings. The second-order valence-corrected chi connectivity index (χ2v) is 8.77. The summed E-state index contributed by atoms with van der Waals surface area (Å²) in [5.74, 6) is 0.537. The van der Waals surface area contributed by atoms with Crippen LogP contribution in [0.2, 0.25) is 0 Å². The maximum absolute atomic E-state index is 12.0. The monoisotopic (exact) mass is 384 g/mol. The van der Waals surface area contributed by atoms with Gasteiger partial charge in [0.25, 0.3) is 0 Å². The molecule has 3 rings (SSSR count). The summed E-state index contributed by atoms with van der Waals surface area (Å²) >= 11 is 0. The first kappa shape index (κ1) is 18.9. The van der Waals surface area contributed by atoms with E-state index in [9.17, 15) is 18.3 Å². The number of sulfonamides is 1. The van der Waals surface area contributed by atoms with E-state index >= 15 is 0 Å². The molecule has 0 aromatic heterocycles. The van der Waals surface area contributed by atoms with Crippen LogP contribution in [-0.4, -0.2) is 69.6 Å². The van der Waals surface area contributed by atoms with Crippen molar-refractivity contribution >= 4 is 21.6 Å². The first-order valence-electron chi connectivity index (χ1n) is 8.43. The molecular formula is C17H24N2O6S. The number of fused-ring (bicyclic) bond motifs is 3. The van der Waals surface area contributed by atoms with Crippen LogP contribution in [0.5, 0.6) is 5.75 Å². The van der Waals surface area contributed by atoms with Gasteiger partial charge in [0.2, 0.25) is 15.9 Å². The number of benzene rings is 1. The van der Waals surface area contributed by atoms with Crippen LogP contribution in [0.1, 0.15) is 24.3 Å². The second-order valence-electron chi connectivity index (χ2n) is 7.02. The summed E-state index contributed by atoms with van der Waals surface area (Å²) in [5.41, 5.74) is 1.33. The molecule has 0 radical (unpaired) electrons. The molecule has 9 heteroatoms. The highest BCUT2D eigenvalue weighted by molar-refractivity contribution is 7.92. The number of ether oxygens (including phenoxy) is 2. The molecule has 8 nitrogen and oxygen atoms in total. The minimum absolute atomic E-state index is 0.0447. The fraction of sp³-hybridized carbons (Fsp3) is 0.588. The lowest BCUT2D eigenvalue weighted by atomic mass is 9.84. The molecular weight excluding hydrogens is 360 g/mol. The van der Waals surface area contributed by atoms with E-state index in [1.165, 1.54) is 4.90 Å². The van der Waals surface area contributed by atoms with Gasteiger partial charge in [-0.3, -0.25) is 9.52 Å². The van der Waals surface area contributed by atoms with Gasteiger partial charge >= 0.3 is 0 Å². The molecule has 0 saturated carbocycles. The summed E-state index contributed by atoms with van der Waals surface area (Å²) < 4.78 is 37.2. The summed E-state index contributed by atoms with van der Waals surface area (Å²) in [6.45, 7) is -0.212. The van der Waals surface area contributed by atoms with Crippen LogP contribution in [0.25, 0.3) is 0 Å². The number of nitrogens with one attached hydrogen (secondary N) is 1. The zero-order chi connectivity index (χ0) is 19.1. The second kappa shape index (κ2) is 7.05.